The number of nitrogens with zero attached hydrogens (tertiary/aromatic N) is 4. The summed E-state index contributed by atoms with van der Waals surface area (Å²) in [6.45, 7) is 3.33. The smallest absolute Gasteiger partial charge is 0.312 e. The first-order valence-electron chi connectivity index (χ1n) is 7.17. The zero-order valence-corrected chi connectivity index (χ0v) is 12.5. The summed E-state index contributed by atoms with van der Waals surface area (Å²) < 4.78 is 32.5. The molecule has 2 aromatic heterocycles. The zero-order valence-electron chi connectivity index (χ0n) is 12.5. The number of nitrogen functional groups attached to an aromatic ring is 1. The van der Waals surface area contributed by atoms with E-state index in [0.29, 0.717) is 0 Å². The van der Waals surface area contributed by atoms with Crippen molar-refractivity contribution in [2.75, 3.05) is 12.3 Å². The van der Waals surface area contributed by atoms with Gasteiger partial charge in [-0.2, -0.15) is 14.4 Å². The summed E-state index contributed by atoms with van der Waals surface area (Å²) in [6.07, 6.45) is -1.68. The van der Waals surface area contributed by atoms with Crippen LogP contribution >= 0.6 is 0 Å². The number of hydrogen-bond donors (Lipinski definition) is 2. The Hall–Kier alpha value is -1.88. The quantitative estimate of drug-likeness (QED) is 0.738. The molecular weight excluding hydrogens is 309 g/mol. The molecule has 4 rings (SSSR count). The average molecular weight is 325 g/mol. The number of rotatable bonds is 2. The van der Waals surface area contributed by atoms with E-state index < -0.39 is 36.4 Å². The van der Waals surface area contributed by atoms with Crippen LogP contribution in [0, 0.1) is 6.08 Å². The molecule has 2 fully saturated rings. The fraction of sp³-hybridized carbons (Fsp3) is 0.615. The van der Waals surface area contributed by atoms with Crippen molar-refractivity contribution in [1.29, 1.82) is 0 Å². The Kier molecular flexibility index (Phi) is 3.07. The number of halogens is 1. The van der Waals surface area contributed by atoms with Crippen molar-refractivity contribution < 1.29 is 23.7 Å². The molecule has 124 valence electrons. The molecule has 0 amide bonds. The van der Waals surface area contributed by atoms with Crippen molar-refractivity contribution in [2.24, 2.45) is 0 Å². The third-order valence-electron chi connectivity index (χ3n) is 4.00. The SMILES string of the molecule is CC1(C)O[C@@H]2[C@H](O1)[C@@H](CO)O[C@H]2n1cnc2c(N)nc(F)nc21. The first kappa shape index (κ1) is 14.7. The lowest BCUT2D eigenvalue weighted by molar-refractivity contribution is -0.199. The first-order valence-corrected chi connectivity index (χ1v) is 7.17. The molecule has 0 aromatic carbocycles. The summed E-state index contributed by atoms with van der Waals surface area (Å²) in [5.41, 5.74) is 6.14. The second-order valence-electron chi connectivity index (χ2n) is 6.01. The summed E-state index contributed by atoms with van der Waals surface area (Å²) in [4.78, 5) is 11.3. The highest BCUT2D eigenvalue weighted by Crippen LogP contribution is 2.43. The van der Waals surface area contributed by atoms with Gasteiger partial charge in [0, 0.05) is 0 Å². The number of aromatic nitrogens is 4. The molecule has 4 atom stereocenters. The van der Waals surface area contributed by atoms with E-state index in [4.69, 9.17) is 19.9 Å². The topological polar surface area (TPSA) is 118 Å². The molecule has 0 spiro atoms. The number of hydrogen-bond acceptors (Lipinski definition) is 8. The fourth-order valence-electron chi connectivity index (χ4n) is 3.13. The maximum absolute atomic E-state index is 13.5. The van der Waals surface area contributed by atoms with Gasteiger partial charge in [0.15, 0.2) is 29.0 Å². The lowest BCUT2D eigenvalue weighted by Gasteiger charge is -2.24. The van der Waals surface area contributed by atoms with Gasteiger partial charge in [0.25, 0.3) is 0 Å². The van der Waals surface area contributed by atoms with Gasteiger partial charge in [-0.3, -0.25) is 4.57 Å². The van der Waals surface area contributed by atoms with E-state index in [0.717, 1.165) is 0 Å². The molecule has 0 radical (unpaired) electrons. The van der Waals surface area contributed by atoms with Gasteiger partial charge < -0.3 is 25.1 Å². The van der Waals surface area contributed by atoms with Crippen LogP contribution in [-0.2, 0) is 14.2 Å². The van der Waals surface area contributed by atoms with E-state index >= 15 is 0 Å². The number of imidazole rings is 1. The van der Waals surface area contributed by atoms with Gasteiger partial charge in [-0.1, -0.05) is 0 Å². The van der Waals surface area contributed by atoms with E-state index in [1.54, 1.807) is 13.8 Å². The third kappa shape index (κ3) is 2.17. The van der Waals surface area contributed by atoms with Crippen LogP contribution in [0.25, 0.3) is 11.2 Å². The van der Waals surface area contributed by atoms with E-state index in [9.17, 15) is 9.50 Å². The Balaban J connectivity index is 1.79. The van der Waals surface area contributed by atoms with Crippen LogP contribution < -0.4 is 5.73 Å². The predicted molar refractivity (Wildman–Crippen MR) is 74.5 cm³/mol. The highest BCUT2D eigenvalue weighted by Gasteiger charge is 2.55. The van der Waals surface area contributed by atoms with Gasteiger partial charge in [0.05, 0.1) is 12.9 Å². The van der Waals surface area contributed by atoms with Gasteiger partial charge in [0.2, 0.25) is 0 Å². The maximum Gasteiger partial charge on any atom is 0.312 e. The molecule has 0 unspecified atom stereocenters. The molecule has 2 saturated heterocycles. The molecule has 2 aliphatic heterocycles. The second kappa shape index (κ2) is 4.81. The lowest BCUT2D eigenvalue weighted by Crippen LogP contribution is -2.31. The molecule has 3 N–H and O–H groups in total. The van der Waals surface area contributed by atoms with E-state index in [-0.39, 0.29) is 23.6 Å². The predicted octanol–water partition coefficient (Wildman–Crippen LogP) is -0.0426. The Bertz CT molecular complexity index is 766. The number of nitrogens with two attached hydrogens (primary N) is 1. The minimum Gasteiger partial charge on any atom is -0.394 e. The molecular formula is C13H16FN5O4. The molecule has 10 heteroatoms. The highest BCUT2D eigenvalue weighted by molar-refractivity contribution is 5.81. The first-order chi connectivity index (χ1) is 10.9. The normalized spacial score (nSPS) is 32.5. The zero-order chi connectivity index (χ0) is 16.4. The minimum atomic E-state index is -0.950. The van der Waals surface area contributed by atoms with Gasteiger partial charge in [-0.15, -0.1) is 0 Å². The van der Waals surface area contributed by atoms with Crippen LogP contribution in [0.4, 0.5) is 10.2 Å². The van der Waals surface area contributed by atoms with Gasteiger partial charge in [0.1, 0.15) is 18.3 Å². The van der Waals surface area contributed by atoms with E-state index in [2.05, 4.69) is 15.0 Å². The van der Waals surface area contributed by atoms with Crippen LogP contribution in [0.2, 0.25) is 0 Å². The molecule has 0 saturated carbocycles. The van der Waals surface area contributed by atoms with Crippen molar-refractivity contribution in [2.45, 2.75) is 44.2 Å². The Morgan fingerprint density at radius 2 is 2.09 bits per heavy atom. The van der Waals surface area contributed by atoms with E-state index in [1.807, 2.05) is 0 Å². The molecule has 0 aliphatic carbocycles. The van der Waals surface area contributed by atoms with Crippen LogP contribution in [0.15, 0.2) is 6.33 Å². The van der Waals surface area contributed by atoms with Crippen LogP contribution in [0.1, 0.15) is 20.1 Å². The minimum absolute atomic E-state index is 0.0524. The van der Waals surface area contributed by atoms with Gasteiger partial charge in [-0.05, 0) is 13.8 Å². The number of fused-ring (bicyclic) bond motifs is 2. The van der Waals surface area contributed by atoms with Crippen LogP contribution in [0.5, 0.6) is 0 Å². The molecule has 0 bridgehead atoms. The summed E-state index contributed by atoms with van der Waals surface area (Å²) >= 11 is 0. The average Bonchev–Trinajstić information content (AvgIpc) is 3.09. The Labute approximate surface area is 130 Å². The van der Waals surface area contributed by atoms with Crippen LogP contribution in [0.3, 0.4) is 0 Å². The molecule has 2 aromatic rings. The summed E-state index contributed by atoms with van der Waals surface area (Å²) in [5, 5.41) is 9.51. The van der Waals surface area contributed by atoms with Crippen LogP contribution in [-0.4, -0.2) is 55.3 Å². The third-order valence-corrected chi connectivity index (χ3v) is 4.00. The van der Waals surface area contributed by atoms with Gasteiger partial charge in [-0.25, -0.2) is 4.98 Å². The van der Waals surface area contributed by atoms with Crippen molar-refractivity contribution in [3.8, 4) is 0 Å². The van der Waals surface area contributed by atoms with E-state index in [1.165, 1.54) is 10.9 Å². The Morgan fingerprint density at radius 1 is 1.35 bits per heavy atom. The second-order valence-corrected chi connectivity index (χ2v) is 6.01. The fourth-order valence-corrected chi connectivity index (χ4v) is 3.13. The standard InChI is InChI=1S/C13H16FN5O4/c1-13(2)22-7-5(3-20)21-11(8(7)23-13)19-4-16-6-9(15)17-12(14)18-10(6)19/h4-5,7-8,11,20H,3H2,1-2H3,(H2,15,17,18)/t5-,7-,8-,11-/m1/s1. The molecule has 9 nitrogen and oxygen atoms in total. The molecule has 2 aliphatic rings. The number of aliphatic hydroxyl groups excluding tert-OH is 1. The number of anilines is 1. The van der Waals surface area contributed by atoms with Gasteiger partial charge >= 0.3 is 6.08 Å². The largest absolute Gasteiger partial charge is 0.394 e. The summed E-state index contributed by atoms with van der Waals surface area (Å²) in [6, 6.07) is 0. The lowest BCUT2D eigenvalue weighted by atomic mass is 10.1. The van der Waals surface area contributed by atoms with Crippen molar-refractivity contribution in [3.63, 3.8) is 0 Å². The molecule has 4 heterocycles. The summed E-state index contributed by atoms with van der Waals surface area (Å²) in [7, 11) is 0. The monoisotopic (exact) mass is 325 g/mol. The number of aliphatic hydroxyl groups is 1. The van der Waals surface area contributed by atoms with Crippen molar-refractivity contribution in [3.05, 3.63) is 12.4 Å². The molecule has 23 heavy (non-hydrogen) atoms. The van der Waals surface area contributed by atoms with Crippen molar-refractivity contribution in [1.82, 2.24) is 19.5 Å². The summed E-state index contributed by atoms with van der Waals surface area (Å²) in [5.74, 6) is -0.858. The maximum atomic E-state index is 13.5. The highest BCUT2D eigenvalue weighted by atomic mass is 19.1. The Morgan fingerprint density at radius 3 is 2.83 bits per heavy atom. The van der Waals surface area contributed by atoms with Crippen molar-refractivity contribution >= 4 is 17.0 Å². The number of ether oxygens (including phenoxy) is 3.